The molecule has 0 aromatic rings. The number of amides is 2. The maximum absolute atomic E-state index is 12.2. The molecule has 0 fully saturated rings. The molecular weight excluding hydrogens is 344 g/mol. The van der Waals surface area contributed by atoms with E-state index in [4.69, 9.17) is 17.2 Å². The molecule has 11 heteroatoms. The molecule has 0 radical (unpaired) electrons. The lowest BCUT2D eigenvalue weighted by atomic mass is 10.0. The number of nitrogens with zero attached hydrogens (tertiary/aromatic N) is 1. The van der Waals surface area contributed by atoms with Crippen LogP contribution in [0.5, 0.6) is 0 Å². The van der Waals surface area contributed by atoms with Gasteiger partial charge < -0.3 is 38.0 Å². The molecule has 0 saturated heterocycles. The van der Waals surface area contributed by atoms with Crippen LogP contribution in [0.1, 0.15) is 33.1 Å². The Labute approximate surface area is 152 Å². The summed E-state index contributed by atoms with van der Waals surface area (Å²) in [5, 5.41) is 23.1. The van der Waals surface area contributed by atoms with E-state index in [2.05, 4.69) is 15.6 Å². The number of aliphatic hydroxyl groups excluding tert-OH is 1. The third-order valence-corrected chi connectivity index (χ3v) is 3.44. The van der Waals surface area contributed by atoms with Crippen LogP contribution in [-0.2, 0) is 14.4 Å². The maximum atomic E-state index is 12.2. The average molecular weight is 374 g/mol. The molecule has 11 nitrogen and oxygen atoms in total. The highest BCUT2D eigenvalue weighted by Gasteiger charge is 2.27. The largest absolute Gasteiger partial charge is 0.480 e. The minimum absolute atomic E-state index is 0.0802. The van der Waals surface area contributed by atoms with E-state index in [9.17, 15) is 24.6 Å². The number of carbonyl (C=O) groups is 3. The van der Waals surface area contributed by atoms with E-state index in [0.29, 0.717) is 12.8 Å². The van der Waals surface area contributed by atoms with Gasteiger partial charge in [0.25, 0.3) is 0 Å². The van der Waals surface area contributed by atoms with Crippen LogP contribution in [0.4, 0.5) is 0 Å². The van der Waals surface area contributed by atoms with Crippen molar-refractivity contribution >= 4 is 23.7 Å². The van der Waals surface area contributed by atoms with Crippen molar-refractivity contribution in [1.82, 2.24) is 10.6 Å². The Balaban J connectivity index is 4.69. The summed E-state index contributed by atoms with van der Waals surface area (Å²) in [5.41, 5.74) is 16.1. The van der Waals surface area contributed by atoms with Gasteiger partial charge in [-0.25, -0.2) is 4.79 Å². The zero-order valence-electron chi connectivity index (χ0n) is 15.1. The number of guanidine groups is 1. The zero-order valence-corrected chi connectivity index (χ0v) is 15.1. The lowest BCUT2D eigenvalue weighted by molar-refractivity contribution is -0.142. The highest BCUT2D eigenvalue weighted by Crippen LogP contribution is 2.03. The van der Waals surface area contributed by atoms with E-state index in [1.165, 1.54) is 0 Å². The first kappa shape index (κ1) is 23.6. The van der Waals surface area contributed by atoms with Gasteiger partial charge in [0.15, 0.2) is 5.96 Å². The smallest absolute Gasteiger partial charge is 0.326 e. The third-order valence-electron chi connectivity index (χ3n) is 3.44. The predicted molar refractivity (Wildman–Crippen MR) is 95.9 cm³/mol. The highest BCUT2D eigenvalue weighted by atomic mass is 16.4. The maximum Gasteiger partial charge on any atom is 0.326 e. The van der Waals surface area contributed by atoms with E-state index in [1.807, 2.05) is 13.8 Å². The molecule has 0 spiro atoms. The van der Waals surface area contributed by atoms with Gasteiger partial charge >= 0.3 is 5.97 Å². The van der Waals surface area contributed by atoms with Crippen LogP contribution >= 0.6 is 0 Å². The van der Waals surface area contributed by atoms with Crippen molar-refractivity contribution in [2.45, 2.75) is 51.2 Å². The molecule has 0 aromatic heterocycles. The second-order valence-electron chi connectivity index (χ2n) is 6.33. The van der Waals surface area contributed by atoms with E-state index in [1.54, 1.807) is 0 Å². The molecule has 26 heavy (non-hydrogen) atoms. The van der Waals surface area contributed by atoms with E-state index in [-0.39, 0.29) is 24.8 Å². The second kappa shape index (κ2) is 12.0. The van der Waals surface area contributed by atoms with Crippen LogP contribution in [-0.4, -0.2) is 65.2 Å². The second-order valence-corrected chi connectivity index (χ2v) is 6.33. The fourth-order valence-electron chi connectivity index (χ4n) is 2.12. The average Bonchev–Trinajstić information content (AvgIpc) is 2.53. The first-order valence-corrected chi connectivity index (χ1v) is 8.33. The molecule has 3 unspecified atom stereocenters. The summed E-state index contributed by atoms with van der Waals surface area (Å²) >= 11 is 0. The number of carbonyl (C=O) groups excluding carboxylic acids is 2. The van der Waals surface area contributed by atoms with Crippen molar-refractivity contribution in [3.05, 3.63) is 0 Å². The van der Waals surface area contributed by atoms with Gasteiger partial charge in [0, 0.05) is 6.54 Å². The fourth-order valence-corrected chi connectivity index (χ4v) is 2.12. The summed E-state index contributed by atoms with van der Waals surface area (Å²) in [6.45, 7) is 3.31. The molecule has 0 aliphatic carbocycles. The Morgan fingerprint density at radius 2 is 1.65 bits per heavy atom. The van der Waals surface area contributed by atoms with Crippen LogP contribution in [0.3, 0.4) is 0 Å². The summed E-state index contributed by atoms with van der Waals surface area (Å²) in [4.78, 5) is 39.1. The Kier molecular flexibility index (Phi) is 10.9. The van der Waals surface area contributed by atoms with Gasteiger partial charge in [-0.1, -0.05) is 13.8 Å². The van der Waals surface area contributed by atoms with Gasteiger partial charge in [-0.15, -0.1) is 0 Å². The molecule has 0 aromatic carbocycles. The monoisotopic (exact) mass is 374 g/mol. The Morgan fingerprint density at radius 1 is 1.08 bits per heavy atom. The van der Waals surface area contributed by atoms with Crippen LogP contribution < -0.4 is 27.8 Å². The molecule has 0 rings (SSSR count). The van der Waals surface area contributed by atoms with Gasteiger partial charge in [0.2, 0.25) is 11.8 Å². The van der Waals surface area contributed by atoms with E-state index >= 15 is 0 Å². The fraction of sp³-hybridized carbons (Fsp3) is 0.733. The number of nitrogens with one attached hydrogen (secondary N) is 2. The molecule has 10 N–H and O–H groups in total. The minimum atomic E-state index is -1.29. The van der Waals surface area contributed by atoms with Gasteiger partial charge in [-0.3, -0.25) is 14.6 Å². The number of carboxylic acid groups (broad SMARTS) is 1. The topological polar surface area (TPSA) is 206 Å². The van der Waals surface area contributed by atoms with Crippen LogP contribution in [0, 0.1) is 5.92 Å². The van der Waals surface area contributed by atoms with Crippen molar-refractivity contribution in [2.24, 2.45) is 28.1 Å². The number of nitrogens with two attached hydrogens (primary N) is 3. The normalized spacial score (nSPS) is 14.2. The zero-order chi connectivity index (χ0) is 20.3. The molecule has 0 aliphatic heterocycles. The summed E-state index contributed by atoms with van der Waals surface area (Å²) in [6, 6.07) is -3.32. The van der Waals surface area contributed by atoms with Crippen molar-refractivity contribution in [3.63, 3.8) is 0 Å². The molecule has 0 aliphatic rings. The van der Waals surface area contributed by atoms with Gasteiger partial charge in [-0.05, 0) is 25.2 Å². The number of hydrogen-bond donors (Lipinski definition) is 7. The summed E-state index contributed by atoms with van der Waals surface area (Å²) in [5.74, 6) is -2.58. The van der Waals surface area contributed by atoms with Gasteiger partial charge in [-0.2, -0.15) is 0 Å². The first-order chi connectivity index (χ1) is 12.1. The number of aliphatic hydroxyl groups is 1. The number of rotatable bonds is 12. The number of aliphatic imine (C=N–C) groups is 1. The van der Waals surface area contributed by atoms with E-state index in [0.717, 1.165) is 0 Å². The van der Waals surface area contributed by atoms with Gasteiger partial charge in [0.1, 0.15) is 12.1 Å². The lowest BCUT2D eigenvalue weighted by Crippen LogP contribution is -2.56. The van der Waals surface area contributed by atoms with Crippen molar-refractivity contribution in [2.75, 3.05) is 13.2 Å². The van der Waals surface area contributed by atoms with Crippen molar-refractivity contribution < 1.29 is 24.6 Å². The van der Waals surface area contributed by atoms with Crippen LogP contribution in [0.2, 0.25) is 0 Å². The van der Waals surface area contributed by atoms with Crippen LogP contribution in [0.15, 0.2) is 4.99 Å². The SMILES string of the molecule is CC(C)CC(N)C(=O)NC(CO)C(=O)NC(CCCN=C(N)N)C(=O)O. The lowest BCUT2D eigenvalue weighted by Gasteiger charge is -2.22. The summed E-state index contributed by atoms with van der Waals surface area (Å²) in [7, 11) is 0. The molecule has 150 valence electrons. The molecule has 2 amide bonds. The quantitative estimate of drug-likeness (QED) is 0.110. The molecule has 0 heterocycles. The molecule has 0 bridgehead atoms. The summed E-state index contributed by atoms with van der Waals surface area (Å²) in [6.07, 6.45) is 0.815. The Bertz CT molecular complexity index is 507. The van der Waals surface area contributed by atoms with Gasteiger partial charge in [0.05, 0.1) is 12.6 Å². The summed E-state index contributed by atoms with van der Waals surface area (Å²) < 4.78 is 0. The van der Waals surface area contributed by atoms with Crippen LogP contribution in [0.25, 0.3) is 0 Å². The molecule has 3 atom stereocenters. The first-order valence-electron chi connectivity index (χ1n) is 8.33. The molecular formula is C15H30N6O5. The standard InChI is InChI=1S/C15H30N6O5/c1-8(2)6-9(16)12(23)21-11(7-22)13(24)20-10(14(25)26)4-3-5-19-15(17)18/h8-11,22H,3-7,16H2,1-2H3,(H,20,24)(H,21,23)(H,25,26)(H4,17,18,19). The van der Waals surface area contributed by atoms with Crippen molar-refractivity contribution in [3.8, 4) is 0 Å². The predicted octanol–water partition coefficient (Wildman–Crippen LogP) is -2.54. The number of carboxylic acids is 1. The number of aliphatic carboxylic acids is 1. The minimum Gasteiger partial charge on any atom is -0.480 e. The Morgan fingerprint density at radius 3 is 2.12 bits per heavy atom. The Hall–Kier alpha value is -2.40. The number of hydrogen-bond acceptors (Lipinski definition) is 6. The third kappa shape index (κ3) is 9.79. The van der Waals surface area contributed by atoms with Crippen molar-refractivity contribution in [1.29, 1.82) is 0 Å². The highest BCUT2D eigenvalue weighted by molar-refractivity contribution is 5.91. The molecule has 0 saturated carbocycles. The van der Waals surface area contributed by atoms with E-state index < -0.39 is 42.5 Å².